The fourth-order valence-electron chi connectivity index (χ4n) is 11.6. The zero-order valence-electron chi connectivity index (χ0n) is 54.8. The Balaban J connectivity index is 3.43. The van der Waals surface area contributed by atoms with Crippen LogP contribution in [0, 0.1) is 0 Å². The molecule has 0 aliphatic heterocycles. The monoisotopic (exact) mass is 1140 g/mol. The second-order valence-electron chi connectivity index (χ2n) is 25.3. The molecule has 81 heavy (non-hydrogen) atoms. The minimum atomic E-state index is -0.847. The highest BCUT2D eigenvalue weighted by molar-refractivity contribution is 5.76. The lowest BCUT2D eigenvalue weighted by Gasteiger charge is -2.20. The number of allylic oxidation sites excluding steroid dienone is 5. The van der Waals surface area contributed by atoms with Crippen LogP contribution in [0.4, 0.5) is 0 Å². The van der Waals surface area contributed by atoms with Gasteiger partial charge in [-0.25, -0.2) is 0 Å². The van der Waals surface area contributed by atoms with Crippen LogP contribution in [0.3, 0.4) is 0 Å². The Kier molecular flexibility index (Phi) is 68.9. The van der Waals surface area contributed by atoms with Gasteiger partial charge in [0.15, 0.2) is 0 Å². The van der Waals surface area contributed by atoms with Crippen LogP contribution in [-0.2, 0) is 14.3 Å². The smallest absolute Gasteiger partial charge is 0.305 e. The van der Waals surface area contributed by atoms with Crippen LogP contribution < -0.4 is 5.32 Å². The molecule has 2 unspecified atom stereocenters. The number of esters is 1. The predicted octanol–water partition coefficient (Wildman–Crippen LogP) is 23.9. The Labute approximate surface area is 506 Å². The van der Waals surface area contributed by atoms with E-state index >= 15 is 0 Å². The van der Waals surface area contributed by atoms with Crippen molar-refractivity contribution in [1.29, 1.82) is 0 Å². The van der Waals surface area contributed by atoms with E-state index in [1.54, 1.807) is 6.08 Å². The van der Waals surface area contributed by atoms with Gasteiger partial charge in [0.1, 0.15) is 0 Å². The molecule has 0 spiro atoms. The van der Waals surface area contributed by atoms with Crippen molar-refractivity contribution in [1.82, 2.24) is 5.32 Å². The number of hydrogen-bond donors (Lipinski definition) is 3. The molecule has 2 atom stereocenters. The Hall–Kier alpha value is -1.92. The molecule has 0 aromatic rings. The van der Waals surface area contributed by atoms with E-state index in [0.717, 1.165) is 44.9 Å². The lowest BCUT2D eigenvalue weighted by Crippen LogP contribution is -2.45. The average Bonchev–Trinajstić information content (AvgIpc) is 3.47. The van der Waals surface area contributed by atoms with Crippen molar-refractivity contribution in [2.45, 2.75) is 418 Å². The molecule has 0 rings (SSSR count). The van der Waals surface area contributed by atoms with E-state index in [9.17, 15) is 19.8 Å². The van der Waals surface area contributed by atoms with Gasteiger partial charge < -0.3 is 20.3 Å². The van der Waals surface area contributed by atoms with Gasteiger partial charge in [0, 0.05) is 12.8 Å². The van der Waals surface area contributed by atoms with E-state index in [4.69, 9.17) is 4.74 Å². The number of rotatable bonds is 69. The van der Waals surface area contributed by atoms with Crippen molar-refractivity contribution in [2.75, 3.05) is 13.2 Å². The molecule has 6 nitrogen and oxygen atoms in total. The summed E-state index contributed by atoms with van der Waals surface area (Å²) in [5.41, 5.74) is 0. The summed E-state index contributed by atoms with van der Waals surface area (Å²) >= 11 is 0. The first-order chi connectivity index (χ1) is 40.0. The molecular formula is C75H143NO5. The van der Waals surface area contributed by atoms with Crippen LogP contribution >= 0.6 is 0 Å². The highest BCUT2D eigenvalue weighted by Crippen LogP contribution is 2.19. The summed E-state index contributed by atoms with van der Waals surface area (Å²) in [6.07, 6.45) is 90.9. The van der Waals surface area contributed by atoms with Gasteiger partial charge in [0.25, 0.3) is 0 Å². The van der Waals surface area contributed by atoms with Gasteiger partial charge in [-0.1, -0.05) is 365 Å². The highest BCUT2D eigenvalue weighted by Gasteiger charge is 2.18. The number of hydrogen-bond acceptors (Lipinski definition) is 5. The lowest BCUT2D eigenvalue weighted by molar-refractivity contribution is -0.143. The predicted molar refractivity (Wildman–Crippen MR) is 356 cm³/mol. The number of carbonyl (C=O) groups is 2. The van der Waals surface area contributed by atoms with E-state index < -0.39 is 12.1 Å². The highest BCUT2D eigenvalue weighted by atomic mass is 16.5. The van der Waals surface area contributed by atoms with Gasteiger partial charge in [-0.05, 0) is 64.2 Å². The summed E-state index contributed by atoms with van der Waals surface area (Å²) in [6, 6.07) is -0.630. The van der Waals surface area contributed by atoms with Gasteiger partial charge in [-0.3, -0.25) is 9.59 Å². The molecule has 3 N–H and O–H groups in total. The first-order valence-electron chi connectivity index (χ1n) is 36.8. The summed E-state index contributed by atoms with van der Waals surface area (Å²) in [7, 11) is 0. The molecule has 0 aromatic heterocycles. The lowest BCUT2D eigenvalue weighted by atomic mass is 10.0. The number of amides is 1. The van der Waals surface area contributed by atoms with E-state index in [1.165, 1.54) is 334 Å². The zero-order chi connectivity index (χ0) is 58.5. The standard InChI is InChI=1S/C75H143NO5/c1-3-5-7-9-11-13-15-17-18-19-20-21-31-34-37-40-44-47-51-55-59-63-67-73(78)72(71-77)76-74(79)68-64-60-56-52-48-45-41-38-35-32-29-27-25-23-22-24-26-28-30-33-36-39-42-46-50-54-58-62-66-70-81-75(80)69-65-61-57-53-49-43-16-14-12-10-8-6-4-2/h22,24,28,30,63,67,72-73,77-78H,3-21,23,25-27,29,31-62,64-66,68-71H2,1-2H3,(H,76,79)/b24-22-,30-28-,67-63+. The largest absolute Gasteiger partial charge is 0.466 e. The van der Waals surface area contributed by atoms with Crippen molar-refractivity contribution < 1.29 is 24.5 Å². The SMILES string of the molecule is CCCCCCCCCCCCCCCCCCCCCC/C=C/C(O)C(CO)NC(=O)CCCCCCCCCCCCCCC/C=C\C/C=C\CCCCCCCCCCCOC(=O)CCCCCCCCCCCCCCC. The third-order valence-corrected chi connectivity index (χ3v) is 17.2. The molecule has 0 aliphatic carbocycles. The Morgan fingerprint density at radius 2 is 0.617 bits per heavy atom. The fraction of sp³-hybridized carbons (Fsp3) is 0.893. The maximum atomic E-state index is 12.5. The van der Waals surface area contributed by atoms with Crippen LogP contribution in [0.5, 0.6) is 0 Å². The van der Waals surface area contributed by atoms with E-state index in [-0.39, 0.29) is 18.5 Å². The minimum Gasteiger partial charge on any atom is -0.466 e. The number of unbranched alkanes of at least 4 members (excludes halogenated alkanes) is 54. The van der Waals surface area contributed by atoms with Crippen LogP contribution in [0.25, 0.3) is 0 Å². The molecule has 0 radical (unpaired) electrons. The first kappa shape index (κ1) is 79.1. The van der Waals surface area contributed by atoms with Crippen molar-refractivity contribution in [3.8, 4) is 0 Å². The van der Waals surface area contributed by atoms with E-state index in [1.807, 2.05) is 6.08 Å². The maximum Gasteiger partial charge on any atom is 0.305 e. The normalized spacial score (nSPS) is 12.7. The maximum absolute atomic E-state index is 12.5. The number of nitrogens with one attached hydrogen (secondary N) is 1. The minimum absolute atomic E-state index is 0.0138. The number of aliphatic hydroxyl groups excluding tert-OH is 2. The van der Waals surface area contributed by atoms with Gasteiger partial charge in [-0.2, -0.15) is 0 Å². The van der Waals surface area contributed by atoms with Crippen LogP contribution in [0.2, 0.25) is 0 Å². The zero-order valence-corrected chi connectivity index (χ0v) is 54.8. The molecule has 6 heteroatoms. The molecule has 0 saturated heterocycles. The number of ether oxygens (including phenoxy) is 1. The third-order valence-electron chi connectivity index (χ3n) is 17.2. The second kappa shape index (κ2) is 70.6. The molecule has 0 fully saturated rings. The molecule has 478 valence electrons. The van der Waals surface area contributed by atoms with Crippen molar-refractivity contribution >= 4 is 11.9 Å². The van der Waals surface area contributed by atoms with Gasteiger partial charge in [0.2, 0.25) is 5.91 Å². The van der Waals surface area contributed by atoms with Crippen molar-refractivity contribution in [2.24, 2.45) is 0 Å². The van der Waals surface area contributed by atoms with Gasteiger partial charge in [-0.15, -0.1) is 0 Å². The van der Waals surface area contributed by atoms with Crippen LogP contribution in [-0.4, -0.2) is 47.4 Å². The Morgan fingerprint density at radius 3 is 0.938 bits per heavy atom. The molecule has 1 amide bonds. The summed E-state index contributed by atoms with van der Waals surface area (Å²) < 4.78 is 5.48. The topological polar surface area (TPSA) is 95.9 Å². The van der Waals surface area contributed by atoms with E-state index in [0.29, 0.717) is 19.4 Å². The first-order valence-corrected chi connectivity index (χ1v) is 36.8. The summed E-state index contributed by atoms with van der Waals surface area (Å²) in [4.78, 5) is 24.6. The Morgan fingerprint density at radius 1 is 0.346 bits per heavy atom. The average molecular weight is 1140 g/mol. The third kappa shape index (κ3) is 67.1. The molecule has 0 saturated carbocycles. The molecular weight excluding hydrogens is 995 g/mol. The van der Waals surface area contributed by atoms with Crippen molar-refractivity contribution in [3.05, 3.63) is 36.5 Å². The quantitative estimate of drug-likeness (QED) is 0.0320. The number of aliphatic hydroxyl groups is 2. The van der Waals surface area contributed by atoms with Gasteiger partial charge >= 0.3 is 5.97 Å². The molecule has 0 bridgehead atoms. The molecule has 0 aliphatic rings. The van der Waals surface area contributed by atoms with Crippen LogP contribution in [0.1, 0.15) is 406 Å². The van der Waals surface area contributed by atoms with Crippen LogP contribution in [0.15, 0.2) is 36.5 Å². The summed E-state index contributed by atoms with van der Waals surface area (Å²) in [5.74, 6) is -0.0512. The number of carbonyl (C=O) groups excluding carboxylic acids is 2. The van der Waals surface area contributed by atoms with Crippen molar-refractivity contribution in [3.63, 3.8) is 0 Å². The summed E-state index contributed by atoms with van der Waals surface area (Å²) in [6.45, 7) is 4.94. The van der Waals surface area contributed by atoms with E-state index in [2.05, 4.69) is 43.5 Å². The van der Waals surface area contributed by atoms with Gasteiger partial charge in [0.05, 0.1) is 25.4 Å². The second-order valence-corrected chi connectivity index (χ2v) is 25.3. The molecule has 0 heterocycles. The Bertz CT molecular complexity index is 1310. The fourth-order valence-corrected chi connectivity index (χ4v) is 11.6. The summed E-state index contributed by atoms with van der Waals surface area (Å²) in [5, 5.41) is 23.3. The molecule has 0 aromatic carbocycles.